The molecule has 0 unspecified atom stereocenters. The summed E-state index contributed by atoms with van der Waals surface area (Å²) >= 11 is 3.19. The lowest BCUT2D eigenvalue weighted by Crippen LogP contribution is -2.35. The van der Waals surface area contributed by atoms with Crippen molar-refractivity contribution in [2.75, 3.05) is 0 Å². The Morgan fingerprint density at radius 3 is 2.80 bits per heavy atom. The van der Waals surface area contributed by atoms with E-state index < -0.39 is 0 Å². The number of hydrogen-bond donors (Lipinski definition) is 1. The molecular weight excluding hydrogens is 260 g/mol. The van der Waals surface area contributed by atoms with Gasteiger partial charge in [0.05, 0.1) is 0 Å². The Kier molecular flexibility index (Phi) is 4.08. The van der Waals surface area contributed by atoms with Crippen LogP contribution in [0.2, 0.25) is 0 Å². The van der Waals surface area contributed by atoms with E-state index in [0.29, 0.717) is 4.47 Å². The monoisotopic (exact) mass is 272 g/mol. The van der Waals surface area contributed by atoms with Gasteiger partial charge in [-0.2, -0.15) is 0 Å². The van der Waals surface area contributed by atoms with Gasteiger partial charge in [-0.1, -0.05) is 15.9 Å². The van der Waals surface area contributed by atoms with Crippen molar-refractivity contribution in [1.29, 1.82) is 0 Å². The molecule has 1 rings (SSSR count). The summed E-state index contributed by atoms with van der Waals surface area (Å²) in [6, 6.07) is 3.25. The maximum absolute atomic E-state index is 11.4. The van der Waals surface area contributed by atoms with Crippen molar-refractivity contribution in [2.45, 2.75) is 26.4 Å². The molecule has 0 saturated heterocycles. The number of aromatic nitrogens is 1. The average molecular weight is 273 g/mol. The Bertz CT molecular complexity index is 412. The summed E-state index contributed by atoms with van der Waals surface area (Å²) in [6.45, 7) is 3.81. The van der Waals surface area contributed by atoms with E-state index in [0.717, 1.165) is 0 Å². The van der Waals surface area contributed by atoms with Gasteiger partial charge in [0.25, 0.3) is 5.56 Å². The molecule has 0 aliphatic carbocycles. The molecule has 1 amide bonds. The molecule has 1 aromatic heterocycles. The van der Waals surface area contributed by atoms with Crippen molar-refractivity contribution >= 4 is 21.8 Å². The van der Waals surface area contributed by atoms with Crippen LogP contribution in [0.5, 0.6) is 0 Å². The van der Waals surface area contributed by atoms with Gasteiger partial charge in [-0.15, -0.1) is 0 Å². The molecule has 0 aliphatic heterocycles. The van der Waals surface area contributed by atoms with Gasteiger partial charge < -0.3 is 9.88 Å². The highest BCUT2D eigenvalue weighted by molar-refractivity contribution is 9.10. The Hall–Kier alpha value is -1.10. The Morgan fingerprint density at radius 1 is 1.60 bits per heavy atom. The Balaban J connectivity index is 2.73. The zero-order valence-electron chi connectivity index (χ0n) is 8.66. The minimum atomic E-state index is -0.191. The van der Waals surface area contributed by atoms with Gasteiger partial charge in [0.2, 0.25) is 5.91 Å². The molecule has 5 heteroatoms. The number of carbonyl (C=O) groups excluding carboxylic acids is 1. The third-order valence-corrected chi connectivity index (χ3v) is 2.22. The van der Waals surface area contributed by atoms with Gasteiger partial charge in [-0.3, -0.25) is 9.59 Å². The van der Waals surface area contributed by atoms with E-state index in [2.05, 4.69) is 21.2 Å². The SMILES string of the molecule is CC(C)NC(=O)Cn1ccc(Br)cc1=O. The number of nitrogens with one attached hydrogen (secondary N) is 1. The van der Waals surface area contributed by atoms with Crippen molar-refractivity contribution in [1.82, 2.24) is 9.88 Å². The number of pyridine rings is 1. The molecule has 0 aliphatic rings. The van der Waals surface area contributed by atoms with E-state index in [1.54, 1.807) is 12.3 Å². The summed E-state index contributed by atoms with van der Waals surface area (Å²) in [5.41, 5.74) is -0.191. The van der Waals surface area contributed by atoms with Crippen molar-refractivity contribution in [3.05, 3.63) is 33.2 Å². The summed E-state index contributed by atoms with van der Waals surface area (Å²) in [5.74, 6) is -0.158. The molecule has 0 radical (unpaired) electrons. The highest BCUT2D eigenvalue weighted by Gasteiger charge is 2.05. The minimum Gasteiger partial charge on any atom is -0.352 e. The van der Waals surface area contributed by atoms with Gasteiger partial charge >= 0.3 is 0 Å². The fourth-order valence-electron chi connectivity index (χ4n) is 1.14. The van der Waals surface area contributed by atoms with Gasteiger partial charge in [-0.05, 0) is 19.9 Å². The first-order chi connectivity index (χ1) is 6.99. The van der Waals surface area contributed by atoms with Crippen LogP contribution >= 0.6 is 15.9 Å². The first-order valence-electron chi connectivity index (χ1n) is 4.64. The van der Waals surface area contributed by atoms with E-state index in [4.69, 9.17) is 0 Å². The summed E-state index contributed by atoms with van der Waals surface area (Å²) in [4.78, 5) is 22.8. The predicted octanol–water partition coefficient (Wildman–Crippen LogP) is 1.14. The van der Waals surface area contributed by atoms with Gasteiger partial charge in [0, 0.05) is 22.8 Å². The highest BCUT2D eigenvalue weighted by Crippen LogP contribution is 2.03. The lowest BCUT2D eigenvalue weighted by molar-refractivity contribution is -0.122. The third kappa shape index (κ3) is 3.87. The summed E-state index contributed by atoms with van der Waals surface area (Å²) in [6.07, 6.45) is 1.59. The second-order valence-electron chi connectivity index (χ2n) is 3.53. The number of carbonyl (C=O) groups is 1. The van der Waals surface area contributed by atoms with Crippen LogP contribution in [0.1, 0.15) is 13.8 Å². The average Bonchev–Trinajstić information content (AvgIpc) is 2.08. The number of rotatable bonds is 3. The number of halogens is 1. The second-order valence-corrected chi connectivity index (χ2v) is 4.45. The van der Waals surface area contributed by atoms with Crippen LogP contribution in [0.25, 0.3) is 0 Å². The molecule has 0 saturated carbocycles. The van der Waals surface area contributed by atoms with Crippen LogP contribution in [0.3, 0.4) is 0 Å². The maximum atomic E-state index is 11.4. The van der Waals surface area contributed by atoms with E-state index in [9.17, 15) is 9.59 Å². The van der Waals surface area contributed by atoms with Crippen LogP contribution in [0.15, 0.2) is 27.6 Å². The number of nitrogens with zero attached hydrogens (tertiary/aromatic N) is 1. The number of hydrogen-bond acceptors (Lipinski definition) is 2. The third-order valence-electron chi connectivity index (χ3n) is 1.72. The molecule has 1 aromatic rings. The molecule has 4 nitrogen and oxygen atoms in total. The molecule has 1 heterocycles. The van der Waals surface area contributed by atoms with Crippen molar-refractivity contribution in [3.8, 4) is 0 Å². The summed E-state index contributed by atoms with van der Waals surface area (Å²) < 4.78 is 2.08. The lowest BCUT2D eigenvalue weighted by Gasteiger charge is -2.09. The maximum Gasteiger partial charge on any atom is 0.252 e. The van der Waals surface area contributed by atoms with Gasteiger partial charge in [0.1, 0.15) is 6.54 Å². The van der Waals surface area contributed by atoms with Gasteiger partial charge in [-0.25, -0.2) is 0 Å². The summed E-state index contributed by atoms with van der Waals surface area (Å²) in [5, 5.41) is 2.72. The summed E-state index contributed by atoms with van der Waals surface area (Å²) in [7, 11) is 0. The minimum absolute atomic E-state index is 0.0598. The Labute approximate surface area is 96.4 Å². The zero-order chi connectivity index (χ0) is 11.4. The van der Waals surface area contributed by atoms with Crippen molar-refractivity contribution in [2.24, 2.45) is 0 Å². The quantitative estimate of drug-likeness (QED) is 0.897. The van der Waals surface area contributed by atoms with E-state index in [1.807, 2.05) is 13.8 Å². The first kappa shape index (κ1) is 12.0. The van der Waals surface area contributed by atoms with Crippen molar-refractivity contribution in [3.63, 3.8) is 0 Å². The fraction of sp³-hybridized carbons (Fsp3) is 0.400. The molecule has 0 bridgehead atoms. The molecule has 82 valence electrons. The largest absolute Gasteiger partial charge is 0.352 e. The smallest absolute Gasteiger partial charge is 0.252 e. The molecule has 0 aromatic carbocycles. The first-order valence-corrected chi connectivity index (χ1v) is 5.43. The molecule has 0 fully saturated rings. The second kappa shape index (κ2) is 5.11. The van der Waals surface area contributed by atoms with Crippen LogP contribution in [-0.2, 0) is 11.3 Å². The van der Waals surface area contributed by atoms with E-state index in [-0.39, 0.29) is 24.1 Å². The van der Waals surface area contributed by atoms with Crippen LogP contribution < -0.4 is 10.9 Å². The fourth-order valence-corrected chi connectivity index (χ4v) is 1.45. The molecule has 0 spiro atoms. The lowest BCUT2D eigenvalue weighted by atomic mass is 10.4. The molecule has 1 N–H and O–H groups in total. The topological polar surface area (TPSA) is 51.1 Å². The Morgan fingerprint density at radius 2 is 2.27 bits per heavy atom. The van der Waals surface area contributed by atoms with Gasteiger partial charge in [0.15, 0.2) is 0 Å². The molecule has 0 atom stereocenters. The predicted molar refractivity (Wildman–Crippen MR) is 61.7 cm³/mol. The number of amides is 1. The standard InChI is InChI=1S/C10H13BrN2O2/c1-7(2)12-9(14)6-13-4-3-8(11)5-10(13)15/h3-5,7H,6H2,1-2H3,(H,12,14). The van der Waals surface area contributed by atoms with Crippen LogP contribution in [0.4, 0.5) is 0 Å². The van der Waals surface area contributed by atoms with Crippen LogP contribution in [0, 0.1) is 0 Å². The zero-order valence-corrected chi connectivity index (χ0v) is 10.2. The van der Waals surface area contributed by atoms with Crippen LogP contribution in [-0.4, -0.2) is 16.5 Å². The molecular formula is C10H13BrN2O2. The van der Waals surface area contributed by atoms with E-state index in [1.165, 1.54) is 10.6 Å². The highest BCUT2D eigenvalue weighted by atomic mass is 79.9. The van der Waals surface area contributed by atoms with E-state index >= 15 is 0 Å². The molecule has 15 heavy (non-hydrogen) atoms. The normalized spacial score (nSPS) is 10.4. The van der Waals surface area contributed by atoms with Crippen molar-refractivity contribution < 1.29 is 4.79 Å².